The SMILES string of the molecule is COc1cc(CC(=O)N2CC(OC)CC2COc2ccc(C(=O)O)cc2)ccc1NC(Nc1ccccc1)=C1CCC1. The van der Waals surface area contributed by atoms with Crippen LogP contribution in [0.5, 0.6) is 11.5 Å². The lowest BCUT2D eigenvalue weighted by molar-refractivity contribution is -0.132. The summed E-state index contributed by atoms with van der Waals surface area (Å²) in [6.45, 7) is 0.774. The number of carbonyl (C=O) groups is 2. The number of hydrogen-bond acceptors (Lipinski definition) is 7. The first-order valence-corrected chi connectivity index (χ1v) is 14.2. The summed E-state index contributed by atoms with van der Waals surface area (Å²) in [5, 5.41) is 16.2. The topological polar surface area (TPSA) is 109 Å². The lowest BCUT2D eigenvalue weighted by atomic mass is 9.92. The Bertz CT molecular complexity index is 1420. The summed E-state index contributed by atoms with van der Waals surface area (Å²) < 4.78 is 17.2. The third-order valence-electron chi connectivity index (χ3n) is 7.81. The van der Waals surface area contributed by atoms with Crippen LogP contribution >= 0.6 is 0 Å². The van der Waals surface area contributed by atoms with Crippen LogP contribution in [0.1, 0.15) is 41.6 Å². The van der Waals surface area contributed by atoms with Crippen LogP contribution in [0.4, 0.5) is 11.4 Å². The fourth-order valence-corrected chi connectivity index (χ4v) is 5.23. The van der Waals surface area contributed by atoms with Crippen molar-refractivity contribution in [2.45, 2.75) is 44.2 Å². The van der Waals surface area contributed by atoms with Gasteiger partial charge in [-0.1, -0.05) is 24.3 Å². The van der Waals surface area contributed by atoms with E-state index in [1.165, 1.54) is 24.1 Å². The second-order valence-corrected chi connectivity index (χ2v) is 10.6. The number of rotatable bonds is 12. The minimum absolute atomic E-state index is 0.0184. The van der Waals surface area contributed by atoms with Crippen LogP contribution < -0.4 is 20.1 Å². The molecule has 3 aromatic carbocycles. The number of nitrogens with zero attached hydrogens (tertiary/aromatic N) is 1. The van der Waals surface area contributed by atoms with Crippen molar-refractivity contribution < 1.29 is 28.9 Å². The summed E-state index contributed by atoms with van der Waals surface area (Å²) in [6, 6.07) is 22.0. The second-order valence-electron chi connectivity index (χ2n) is 10.6. The van der Waals surface area contributed by atoms with Crippen LogP contribution in [-0.4, -0.2) is 61.4 Å². The molecule has 2 fully saturated rings. The van der Waals surface area contributed by atoms with Crippen molar-refractivity contribution in [2.75, 3.05) is 38.0 Å². The molecular formula is C33H37N3O6. The van der Waals surface area contributed by atoms with Crippen molar-refractivity contribution in [1.29, 1.82) is 0 Å². The number of allylic oxidation sites excluding steroid dienone is 1. The minimum Gasteiger partial charge on any atom is -0.495 e. The number of methoxy groups -OCH3 is 2. The van der Waals surface area contributed by atoms with Gasteiger partial charge in [-0.3, -0.25) is 4.79 Å². The molecule has 0 radical (unpaired) electrons. The number of carbonyl (C=O) groups excluding carboxylic acids is 1. The van der Waals surface area contributed by atoms with Crippen LogP contribution in [0, 0.1) is 0 Å². The molecule has 3 aromatic rings. The van der Waals surface area contributed by atoms with Crippen LogP contribution in [0.3, 0.4) is 0 Å². The molecule has 1 amide bonds. The monoisotopic (exact) mass is 571 g/mol. The third-order valence-corrected chi connectivity index (χ3v) is 7.81. The zero-order valence-corrected chi connectivity index (χ0v) is 24.0. The molecule has 0 spiro atoms. The summed E-state index contributed by atoms with van der Waals surface area (Å²) in [5.74, 6) is 1.18. The van der Waals surface area contributed by atoms with Gasteiger partial charge in [-0.15, -0.1) is 0 Å². The Kier molecular flexibility index (Phi) is 9.28. The van der Waals surface area contributed by atoms with Gasteiger partial charge in [0.05, 0.1) is 36.9 Å². The largest absolute Gasteiger partial charge is 0.495 e. The van der Waals surface area contributed by atoms with Crippen molar-refractivity contribution in [2.24, 2.45) is 0 Å². The molecule has 3 N–H and O–H groups in total. The molecule has 9 nitrogen and oxygen atoms in total. The fraction of sp³-hybridized carbons (Fsp3) is 0.333. The van der Waals surface area contributed by atoms with Gasteiger partial charge in [0.25, 0.3) is 0 Å². The van der Waals surface area contributed by atoms with Gasteiger partial charge in [-0.2, -0.15) is 0 Å². The van der Waals surface area contributed by atoms with Gasteiger partial charge >= 0.3 is 5.97 Å². The van der Waals surface area contributed by atoms with Crippen molar-refractivity contribution in [3.63, 3.8) is 0 Å². The molecule has 0 bridgehead atoms. The smallest absolute Gasteiger partial charge is 0.335 e. The first kappa shape index (κ1) is 29.0. The number of benzene rings is 3. The Balaban J connectivity index is 1.25. The van der Waals surface area contributed by atoms with E-state index in [1.807, 2.05) is 53.4 Å². The highest BCUT2D eigenvalue weighted by atomic mass is 16.5. The molecular weight excluding hydrogens is 534 g/mol. The highest BCUT2D eigenvalue weighted by Crippen LogP contribution is 2.33. The highest BCUT2D eigenvalue weighted by molar-refractivity contribution is 5.87. The van der Waals surface area contributed by atoms with Crippen LogP contribution in [-0.2, 0) is 16.0 Å². The summed E-state index contributed by atoms with van der Waals surface area (Å²) in [7, 11) is 3.28. The summed E-state index contributed by atoms with van der Waals surface area (Å²) in [6.07, 6.45) is 4.08. The molecule has 1 aliphatic heterocycles. The van der Waals surface area contributed by atoms with E-state index < -0.39 is 5.97 Å². The summed E-state index contributed by atoms with van der Waals surface area (Å²) in [5.41, 5.74) is 4.22. The van der Waals surface area contributed by atoms with Crippen LogP contribution in [0.25, 0.3) is 0 Å². The number of aromatic carboxylic acids is 1. The maximum atomic E-state index is 13.5. The average molecular weight is 572 g/mol. The Morgan fingerprint density at radius 2 is 1.74 bits per heavy atom. The summed E-state index contributed by atoms with van der Waals surface area (Å²) >= 11 is 0. The average Bonchev–Trinajstić information content (AvgIpc) is 3.40. The molecule has 1 aliphatic carbocycles. The number of ether oxygens (including phenoxy) is 3. The zero-order valence-electron chi connectivity index (χ0n) is 24.0. The Labute approximate surface area is 246 Å². The number of anilines is 2. The number of carboxylic acids is 1. The van der Waals surface area contributed by atoms with Crippen molar-refractivity contribution in [1.82, 2.24) is 4.90 Å². The van der Waals surface area contributed by atoms with Gasteiger partial charge in [-0.05, 0) is 85.4 Å². The lowest BCUT2D eigenvalue weighted by Gasteiger charge is -2.26. The molecule has 2 aliphatic rings. The van der Waals surface area contributed by atoms with E-state index in [-0.39, 0.29) is 36.6 Å². The third kappa shape index (κ3) is 7.03. The number of carboxylic acid groups (broad SMARTS) is 1. The first-order valence-electron chi connectivity index (χ1n) is 14.2. The number of hydrogen-bond donors (Lipinski definition) is 3. The molecule has 1 heterocycles. The van der Waals surface area contributed by atoms with E-state index >= 15 is 0 Å². The summed E-state index contributed by atoms with van der Waals surface area (Å²) in [4.78, 5) is 26.4. The van der Waals surface area contributed by atoms with Gasteiger partial charge in [0.2, 0.25) is 5.91 Å². The molecule has 2 unspecified atom stereocenters. The van der Waals surface area contributed by atoms with E-state index in [2.05, 4.69) is 10.6 Å². The number of likely N-dealkylation sites (tertiary alicyclic amines) is 1. The van der Waals surface area contributed by atoms with E-state index in [9.17, 15) is 9.59 Å². The standard InChI is InChI=1S/C33H37N3O6/c1-40-28-19-26(21-42-27-14-12-24(13-15-27)33(38)39)36(20-28)31(37)18-22-11-16-29(30(17-22)41-2)35-32(23-7-6-8-23)34-25-9-4-3-5-10-25/h3-5,9-17,26,28,34-35H,6-8,18-21H2,1-2H3,(H,38,39). The minimum atomic E-state index is -0.989. The predicted molar refractivity (Wildman–Crippen MR) is 161 cm³/mol. The van der Waals surface area contributed by atoms with Crippen molar-refractivity contribution >= 4 is 23.3 Å². The number of amides is 1. The Morgan fingerprint density at radius 1 is 0.976 bits per heavy atom. The van der Waals surface area contributed by atoms with E-state index in [1.54, 1.807) is 26.4 Å². The molecule has 9 heteroatoms. The molecule has 2 atom stereocenters. The highest BCUT2D eigenvalue weighted by Gasteiger charge is 2.35. The van der Waals surface area contributed by atoms with Crippen molar-refractivity contribution in [3.05, 3.63) is 95.3 Å². The zero-order chi connectivity index (χ0) is 29.5. The van der Waals surface area contributed by atoms with E-state index in [0.29, 0.717) is 24.5 Å². The maximum absolute atomic E-state index is 13.5. The molecule has 1 saturated carbocycles. The maximum Gasteiger partial charge on any atom is 0.335 e. The number of para-hydroxylation sites is 1. The predicted octanol–water partition coefficient (Wildman–Crippen LogP) is 5.55. The molecule has 0 aromatic heterocycles. The molecule has 5 rings (SSSR count). The number of nitrogens with one attached hydrogen (secondary N) is 2. The van der Waals surface area contributed by atoms with E-state index in [4.69, 9.17) is 19.3 Å². The molecule has 42 heavy (non-hydrogen) atoms. The second kappa shape index (κ2) is 13.4. The first-order chi connectivity index (χ1) is 20.4. The Morgan fingerprint density at radius 3 is 2.38 bits per heavy atom. The molecule has 220 valence electrons. The van der Waals surface area contributed by atoms with Crippen LogP contribution in [0.2, 0.25) is 0 Å². The van der Waals surface area contributed by atoms with Gasteiger partial charge in [0.15, 0.2) is 0 Å². The van der Waals surface area contributed by atoms with Gasteiger partial charge < -0.3 is 34.9 Å². The molecule has 1 saturated heterocycles. The van der Waals surface area contributed by atoms with Gasteiger partial charge in [-0.25, -0.2) is 4.79 Å². The van der Waals surface area contributed by atoms with Gasteiger partial charge in [0.1, 0.15) is 23.9 Å². The van der Waals surface area contributed by atoms with Crippen molar-refractivity contribution in [3.8, 4) is 11.5 Å². The fourth-order valence-electron chi connectivity index (χ4n) is 5.23. The van der Waals surface area contributed by atoms with Gasteiger partial charge in [0, 0.05) is 19.3 Å². The quantitative estimate of drug-likeness (QED) is 0.260. The van der Waals surface area contributed by atoms with Crippen LogP contribution in [0.15, 0.2) is 84.2 Å². The Hall–Kier alpha value is -4.50. The normalized spacial score (nSPS) is 17.8. The lowest BCUT2D eigenvalue weighted by Crippen LogP contribution is -2.40. The van der Waals surface area contributed by atoms with E-state index in [0.717, 1.165) is 35.6 Å².